The Morgan fingerprint density at radius 3 is 2.45 bits per heavy atom. The van der Waals surface area contributed by atoms with Gasteiger partial charge in [0.05, 0.1) is 18.5 Å². The van der Waals surface area contributed by atoms with Gasteiger partial charge in [0.15, 0.2) is 11.4 Å². The molecular weight excluding hydrogens is 508 g/mol. The third-order valence-corrected chi connectivity index (χ3v) is 12.3. The topological polar surface area (TPSA) is 136 Å². The summed E-state index contributed by atoms with van der Waals surface area (Å²) in [6, 6.07) is 0. The van der Waals surface area contributed by atoms with Crippen LogP contribution in [0.3, 0.4) is 0 Å². The van der Waals surface area contributed by atoms with Crippen molar-refractivity contribution in [1.82, 2.24) is 9.97 Å². The predicted molar refractivity (Wildman–Crippen MR) is 151 cm³/mol. The van der Waals surface area contributed by atoms with E-state index in [-0.39, 0.29) is 11.7 Å². The minimum absolute atomic E-state index is 0.0434. The predicted octanol–water partition coefficient (Wildman–Crippen LogP) is 6.41. The summed E-state index contributed by atoms with van der Waals surface area (Å²) in [5.74, 6) is 2.62. The molecule has 8 heteroatoms. The highest BCUT2D eigenvalue weighted by atomic mass is 16.6. The van der Waals surface area contributed by atoms with Crippen LogP contribution in [0.1, 0.15) is 126 Å². The number of imidazole rings is 1. The van der Waals surface area contributed by atoms with E-state index in [4.69, 9.17) is 14.9 Å². The number of H-pyrrole nitrogens is 1. The lowest BCUT2D eigenvalue weighted by molar-refractivity contribution is -0.116. The lowest BCUT2D eigenvalue weighted by Crippen LogP contribution is -2.58. The molecule has 4 aliphatic carbocycles. The fourth-order valence-corrected chi connectivity index (χ4v) is 10.3. The first kappa shape index (κ1) is 29.6. The van der Waals surface area contributed by atoms with E-state index in [0.29, 0.717) is 16.9 Å². The number of nitrogens with one attached hydrogen (secondary N) is 1. The van der Waals surface area contributed by atoms with Crippen molar-refractivity contribution in [3.63, 3.8) is 0 Å². The van der Waals surface area contributed by atoms with Crippen molar-refractivity contribution in [2.45, 2.75) is 123 Å². The molecule has 4 N–H and O–H groups in total. The standard InChI is InChI=1S/C27H46O2.C5H4N2O4/c1-17(2)7-6-8-18(3)21-9-10-22-20-15-24-27(29-24)16-19(28)11-14-26(27,5)23(20)12-13-25(21,22)4;8-4(9)2-3(5(10)11)7-1-6-2/h17-24,28H,6-16H2,1-5H3;1H,(H,6,7)(H,8,9)(H,10,11)/t18-,19+,20+,21-,22+,23+,24+,25-,26-,27+;/m1./s1. The van der Waals surface area contributed by atoms with Crippen molar-refractivity contribution in [2.75, 3.05) is 0 Å². The molecule has 1 aliphatic heterocycles. The minimum Gasteiger partial charge on any atom is -0.477 e. The van der Waals surface area contributed by atoms with Gasteiger partial charge in [-0.05, 0) is 85.9 Å². The van der Waals surface area contributed by atoms with Crippen molar-refractivity contribution >= 4 is 11.9 Å². The second-order valence-corrected chi connectivity index (χ2v) is 14.7. The molecule has 2 heterocycles. The molecule has 224 valence electrons. The second-order valence-electron chi connectivity index (χ2n) is 14.7. The molecule has 0 aromatic carbocycles. The lowest BCUT2D eigenvalue weighted by Gasteiger charge is -2.59. The fourth-order valence-electron chi connectivity index (χ4n) is 10.3. The van der Waals surface area contributed by atoms with Crippen LogP contribution in [0.5, 0.6) is 0 Å². The molecule has 10 atom stereocenters. The second kappa shape index (κ2) is 10.7. The van der Waals surface area contributed by atoms with Crippen LogP contribution >= 0.6 is 0 Å². The SMILES string of the molecule is CC(C)CCC[C@@H](C)[C@H]1CC[C@H]2[C@@H]3C[C@@H]4O[C@@]45C[C@@H](O)CC[C@]5(C)[C@H]3CC[C@]12C.O=C(O)c1nc[nH]c1C(=O)O. The number of ether oxygens (including phenoxy) is 1. The number of carboxylic acids is 2. The van der Waals surface area contributed by atoms with Crippen LogP contribution in [-0.4, -0.2) is 55.0 Å². The number of hydrogen-bond donors (Lipinski definition) is 4. The summed E-state index contributed by atoms with van der Waals surface area (Å²) in [5, 5.41) is 27.1. The quantitative estimate of drug-likeness (QED) is 0.284. The molecule has 4 saturated carbocycles. The number of aromatic carboxylic acids is 2. The number of aromatic amines is 1. The number of nitrogens with zero attached hydrogens (tertiary/aromatic N) is 1. The summed E-state index contributed by atoms with van der Waals surface area (Å²) in [7, 11) is 0. The third-order valence-electron chi connectivity index (χ3n) is 12.3. The molecule has 1 spiro atoms. The van der Waals surface area contributed by atoms with Crippen molar-refractivity contribution in [2.24, 2.45) is 46.3 Å². The van der Waals surface area contributed by atoms with Gasteiger partial charge < -0.3 is 25.0 Å². The van der Waals surface area contributed by atoms with Gasteiger partial charge in [0.1, 0.15) is 5.60 Å². The summed E-state index contributed by atoms with van der Waals surface area (Å²) in [6.07, 6.45) is 15.8. The molecule has 8 nitrogen and oxygen atoms in total. The van der Waals surface area contributed by atoms with Crippen molar-refractivity contribution in [1.29, 1.82) is 0 Å². The minimum atomic E-state index is -1.36. The van der Waals surface area contributed by atoms with Crippen LogP contribution in [0.15, 0.2) is 6.33 Å². The summed E-state index contributed by atoms with van der Waals surface area (Å²) < 4.78 is 6.51. The van der Waals surface area contributed by atoms with Crippen molar-refractivity contribution < 1.29 is 29.6 Å². The maximum atomic E-state index is 10.4. The van der Waals surface area contributed by atoms with Gasteiger partial charge in [-0.1, -0.05) is 53.9 Å². The summed E-state index contributed by atoms with van der Waals surface area (Å²) in [5.41, 5.74) is 0.0526. The van der Waals surface area contributed by atoms with Gasteiger partial charge in [0, 0.05) is 11.8 Å². The van der Waals surface area contributed by atoms with Gasteiger partial charge in [-0.2, -0.15) is 0 Å². The summed E-state index contributed by atoms with van der Waals surface area (Å²) >= 11 is 0. The Morgan fingerprint density at radius 2 is 1.80 bits per heavy atom. The number of carboxylic acid groups (broad SMARTS) is 2. The van der Waals surface area contributed by atoms with E-state index in [2.05, 4.69) is 44.6 Å². The average molecular weight is 559 g/mol. The zero-order chi connectivity index (χ0) is 29.0. The van der Waals surface area contributed by atoms with E-state index >= 15 is 0 Å². The molecule has 40 heavy (non-hydrogen) atoms. The number of hydrogen-bond acceptors (Lipinski definition) is 5. The van der Waals surface area contributed by atoms with Gasteiger partial charge >= 0.3 is 11.9 Å². The van der Waals surface area contributed by atoms with E-state index < -0.39 is 23.3 Å². The van der Waals surface area contributed by atoms with E-state index in [1.165, 1.54) is 57.8 Å². The summed E-state index contributed by atoms with van der Waals surface area (Å²) in [4.78, 5) is 26.0. The first-order chi connectivity index (χ1) is 18.8. The number of aliphatic hydroxyl groups excluding tert-OH is 1. The Hall–Kier alpha value is -1.93. The Labute approximate surface area is 238 Å². The van der Waals surface area contributed by atoms with Crippen LogP contribution in [-0.2, 0) is 4.74 Å². The molecule has 1 aromatic rings. The Balaban J connectivity index is 0.000000248. The lowest BCUT2D eigenvalue weighted by atomic mass is 9.44. The Morgan fingerprint density at radius 1 is 1.05 bits per heavy atom. The molecule has 6 rings (SSSR count). The number of carbonyl (C=O) groups is 2. The molecule has 0 unspecified atom stereocenters. The fraction of sp³-hybridized carbons (Fsp3) is 0.844. The van der Waals surface area contributed by atoms with Crippen LogP contribution in [0.25, 0.3) is 0 Å². The van der Waals surface area contributed by atoms with Gasteiger partial charge in [-0.15, -0.1) is 0 Å². The van der Waals surface area contributed by atoms with Gasteiger partial charge in [0.2, 0.25) is 0 Å². The highest BCUT2D eigenvalue weighted by molar-refractivity contribution is 5.98. The van der Waals surface area contributed by atoms with Gasteiger partial charge in [-0.25, -0.2) is 14.6 Å². The molecule has 1 saturated heterocycles. The maximum Gasteiger partial charge on any atom is 0.357 e. The maximum absolute atomic E-state index is 10.4. The average Bonchev–Trinajstić information content (AvgIpc) is 3.22. The Bertz CT molecular complexity index is 1070. The molecule has 0 bridgehead atoms. The molecule has 1 aromatic heterocycles. The molecule has 0 amide bonds. The van der Waals surface area contributed by atoms with E-state index in [1.54, 1.807) is 0 Å². The molecule has 5 aliphatic rings. The molecule has 0 radical (unpaired) electrons. The van der Waals surface area contributed by atoms with Gasteiger partial charge in [-0.3, -0.25) is 0 Å². The first-order valence-electron chi connectivity index (χ1n) is 15.7. The monoisotopic (exact) mass is 558 g/mol. The van der Waals surface area contributed by atoms with E-state index in [0.717, 1.165) is 54.7 Å². The summed E-state index contributed by atoms with van der Waals surface area (Å²) in [6.45, 7) is 12.6. The highest BCUT2D eigenvalue weighted by Gasteiger charge is 2.76. The van der Waals surface area contributed by atoms with Crippen LogP contribution in [0.2, 0.25) is 0 Å². The number of epoxide rings is 1. The van der Waals surface area contributed by atoms with Crippen LogP contribution < -0.4 is 0 Å². The smallest absolute Gasteiger partial charge is 0.357 e. The van der Waals surface area contributed by atoms with Crippen LogP contribution in [0.4, 0.5) is 0 Å². The normalized spacial score (nSPS) is 42.0. The van der Waals surface area contributed by atoms with E-state index in [9.17, 15) is 14.7 Å². The zero-order valence-corrected chi connectivity index (χ0v) is 25.0. The number of aliphatic hydroxyl groups is 1. The van der Waals surface area contributed by atoms with Gasteiger partial charge in [0.25, 0.3) is 0 Å². The number of fused-ring (bicyclic) bond motifs is 4. The number of aromatic nitrogens is 2. The first-order valence-corrected chi connectivity index (χ1v) is 15.7. The number of rotatable bonds is 7. The third kappa shape index (κ3) is 4.81. The van der Waals surface area contributed by atoms with E-state index in [1.807, 2.05) is 0 Å². The zero-order valence-electron chi connectivity index (χ0n) is 25.0. The van der Waals surface area contributed by atoms with Crippen molar-refractivity contribution in [3.8, 4) is 0 Å². The molecule has 5 fully saturated rings. The highest BCUT2D eigenvalue weighted by Crippen LogP contribution is 2.74. The Kier molecular flexibility index (Phi) is 7.92. The molecular formula is C32H50N2O6. The largest absolute Gasteiger partial charge is 0.477 e. The van der Waals surface area contributed by atoms with Crippen LogP contribution in [0, 0.1) is 46.3 Å². The van der Waals surface area contributed by atoms with Crippen molar-refractivity contribution in [3.05, 3.63) is 17.7 Å².